The van der Waals surface area contributed by atoms with E-state index in [-0.39, 0.29) is 133 Å². The van der Waals surface area contributed by atoms with Crippen molar-refractivity contribution in [2.45, 2.75) is 112 Å². The lowest BCUT2D eigenvalue weighted by atomic mass is 9.99. The Hall–Kier alpha value is -12.4. The molecule has 0 aliphatic carbocycles. The average molecular weight is 1650 g/mol. The number of hydrogen-bond acceptors (Lipinski definition) is 17. The normalized spacial score (nSPS) is 12.6. The minimum Gasteiger partial charge on any atom is -0.448 e. The summed E-state index contributed by atoms with van der Waals surface area (Å²) in [6.45, 7) is 17.5. The monoisotopic (exact) mass is 1650 g/mol. The molecule has 8 aromatic carbocycles. The van der Waals surface area contributed by atoms with E-state index < -0.39 is 35.6 Å². The minimum atomic E-state index is -0.943. The van der Waals surface area contributed by atoms with E-state index in [1.165, 1.54) is 16.7 Å². The zero-order valence-electron chi connectivity index (χ0n) is 67.1. The van der Waals surface area contributed by atoms with Gasteiger partial charge in [0.05, 0.1) is 54.8 Å². The number of aliphatic hydroxyl groups is 1. The van der Waals surface area contributed by atoms with Crippen molar-refractivity contribution in [2.75, 3.05) is 39.3 Å². The van der Waals surface area contributed by atoms with Gasteiger partial charge in [-0.2, -0.15) is 0 Å². The van der Waals surface area contributed by atoms with Gasteiger partial charge in [0.2, 0.25) is 16.7 Å². The van der Waals surface area contributed by atoms with E-state index in [9.17, 15) is 38.3 Å². The molecule has 3 amide bonds. The quantitative estimate of drug-likeness (QED) is 0.0391. The van der Waals surface area contributed by atoms with Crippen LogP contribution in [0.25, 0.3) is 66.2 Å². The predicted octanol–water partition coefficient (Wildman–Crippen LogP) is 15.7. The van der Waals surface area contributed by atoms with Crippen LogP contribution in [0.3, 0.4) is 0 Å². The predicted molar refractivity (Wildman–Crippen MR) is 462 cm³/mol. The lowest BCUT2D eigenvalue weighted by Crippen LogP contribution is -2.44. The van der Waals surface area contributed by atoms with Crippen molar-refractivity contribution in [1.82, 2.24) is 48.3 Å². The van der Waals surface area contributed by atoms with Crippen LogP contribution in [0.1, 0.15) is 148 Å². The van der Waals surface area contributed by atoms with E-state index in [4.69, 9.17) is 45.4 Å². The number of furan rings is 3. The summed E-state index contributed by atoms with van der Waals surface area (Å²) >= 11 is 3.52. The zero-order chi connectivity index (χ0) is 83.6. The number of aryl methyl sites for hydroxylation is 3. The summed E-state index contributed by atoms with van der Waals surface area (Å²) in [5.41, 5.74) is 26.6. The number of para-hydroxylation sites is 1. The van der Waals surface area contributed by atoms with Crippen molar-refractivity contribution >= 4 is 99.9 Å². The maximum Gasteiger partial charge on any atom is 0.297 e. The van der Waals surface area contributed by atoms with Crippen molar-refractivity contribution in [1.29, 1.82) is 0 Å². The molecule has 0 spiro atoms. The molecule has 0 fully saturated rings. The molecule has 0 aliphatic rings. The number of rotatable bonds is 26. The third kappa shape index (κ3) is 17.9. The largest absolute Gasteiger partial charge is 0.448 e. The van der Waals surface area contributed by atoms with Gasteiger partial charge in [-0.15, -0.1) is 0 Å². The second-order valence-corrected chi connectivity index (χ2v) is 31.1. The molecule has 4 atom stereocenters. The Morgan fingerprint density at radius 2 is 0.915 bits per heavy atom. The Bertz CT molecular complexity index is 6270. The Kier molecular flexibility index (Phi) is 26.4. The Labute approximate surface area is 689 Å². The summed E-state index contributed by atoms with van der Waals surface area (Å²) in [5, 5.41) is 12.3. The number of benzene rings is 8. The number of aliphatic hydroxyl groups excluding tert-OH is 1. The first-order valence-electron chi connectivity index (χ1n) is 39.5. The first kappa shape index (κ1) is 83.6. The first-order valence-corrected chi connectivity index (χ1v) is 40.3. The third-order valence-corrected chi connectivity index (χ3v) is 21.4. The number of hydrogen-bond donors (Lipinski definition) is 4. The lowest BCUT2D eigenvalue weighted by molar-refractivity contribution is 0.0491. The fourth-order valence-electron chi connectivity index (χ4n) is 15.1. The van der Waals surface area contributed by atoms with Gasteiger partial charge >= 0.3 is 0 Å². The van der Waals surface area contributed by atoms with Crippen molar-refractivity contribution in [3.8, 4) is 0 Å². The minimum absolute atomic E-state index is 0.000738. The van der Waals surface area contributed by atoms with E-state index in [0.29, 0.717) is 69.2 Å². The van der Waals surface area contributed by atoms with Crippen LogP contribution in [-0.4, -0.2) is 117 Å². The highest BCUT2D eigenvalue weighted by Gasteiger charge is 2.38. The highest BCUT2D eigenvalue weighted by molar-refractivity contribution is 9.10. The van der Waals surface area contributed by atoms with E-state index in [1.807, 2.05) is 219 Å². The van der Waals surface area contributed by atoms with Gasteiger partial charge in [0.25, 0.3) is 34.4 Å². The molecule has 0 saturated carbocycles. The zero-order valence-corrected chi connectivity index (χ0v) is 68.7. The van der Waals surface area contributed by atoms with Crippen LogP contribution in [0.5, 0.6) is 0 Å². The fraction of sp³-hybridized carbons (Fsp3) is 0.269. The molecule has 0 bridgehead atoms. The topological polar surface area (TPSA) is 316 Å². The van der Waals surface area contributed by atoms with Gasteiger partial charge < -0.3 is 50.3 Å². The van der Waals surface area contributed by atoms with E-state index in [2.05, 4.69) is 20.9 Å². The highest BCUT2D eigenvalue weighted by Crippen LogP contribution is 2.38. The summed E-state index contributed by atoms with van der Waals surface area (Å²) in [6, 6.07) is 62.8. The van der Waals surface area contributed by atoms with Crippen molar-refractivity contribution < 1.29 is 37.1 Å². The number of nitrogens with two attached hydrogens (primary N) is 3. The Morgan fingerprint density at radius 1 is 0.492 bits per heavy atom. The second-order valence-electron chi connectivity index (χ2n) is 30.2. The summed E-state index contributed by atoms with van der Waals surface area (Å²) in [6.07, 6.45) is 1.87. The van der Waals surface area contributed by atoms with Gasteiger partial charge in [0.15, 0.2) is 0 Å². The number of nitrogens with zero attached hydrogens (tertiary/aromatic N) is 10. The molecule has 23 nitrogen and oxygen atoms in total. The molecule has 0 radical (unpaired) electrons. The van der Waals surface area contributed by atoms with Gasteiger partial charge in [-0.05, 0) is 135 Å². The van der Waals surface area contributed by atoms with Crippen LogP contribution >= 0.6 is 15.9 Å². The lowest BCUT2D eigenvalue weighted by Gasteiger charge is -2.35. The van der Waals surface area contributed by atoms with E-state index in [0.717, 1.165) is 48.8 Å². The molecule has 7 heterocycles. The molecule has 25 heteroatoms. The fourth-order valence-corrected chi connectivity index (χ4v) is 15.4. The van der Waals surface area contributed by atoms with Crippen LogP contribution in [0.4, 0.5) is 4.39 Å². The smallest absolute Gasteiger partial charge is 0.297 e. The van der Waals surface area contributed by atoms with Crippen LogP contribution in [0.15, 0.2) is 251 Å². The number of halogens is 2. The molecule has 118 heavy (non-hydrogen) atoms. The molecular weight excluding hydrogens is 1560 g/mol. The van der Waals surface area contributed by atoms with Gasteiger partial charge in [-0.3, -0.25) is 47.5 Å². The molecule has 15 rings (SSSR count). The van der Waals surface area contributed by atoms with E-state index >= 15 is 0 Å². The number of carbonyl (C=O) groups is 3. The summed E-state index contributed by atoms with van der Waals surface area (Å²) < 4.78 is 38.5. The van der Waals surface area contributed by atoms with Crippen LogP contribution in [0.2, 0.25) is 0 Å². The van der Waals surface area contributed by atoms with Crippen molar-refractivity contribution in [3.63, 3.8) is 0 Å². The standard InChI is InChI=1S/C32H34N4O4.C31H31FN4O3.C30H30BrN5O3/c1-3-9-26(35(20-24(37)18-33)31(38)23-16-14-21(2)15-17-23)30-34-28-25-12-7-8-13-27(25)40-29(28)32(39)36(30)19-22-10-5-4-6-11-22;1-19(2)27(35(17-16-33)30(37)22-14-12-20(3)13-15-22)29-34-26-25-23(32)10-7-11-24(25)39-28(26)31(38)36(29)18-21-8-5-4-6-9-21;1-18(2)26(35(14-13-32)29(37)21-10-9-19(3)33-16-21)28-34-25-23-15-22(31)11-12-24(23)39-27(25)30(38)36(28)17-20-7-5-4-6-8-20/h4-8,10-17,24,26,37H,3,9,18-20,33H2,1-2H3;4-15,19,27H,16-18,33H2,1-3H3;4-12,15-16,18,26H,13-14,17,32H2,1-3H3. The molecule has 15 aromatic rings. The van der Waals surface area contributed by atoms with Gasteiger partial charge in [0.1, 0.15) is 56.6 Å². The van der Waals surface area contributed by atoms with Gasteiger partial charge in [0, 0.05) is 77.5 Å². The van der Waals surface area contributed by atoms with Crippen LogP contribution < -0.4 is 33.9 Å². The average Bonchev–Trinajstić information content (AvgIpc) is 1.65. The maximum atomic E-state index is 15.0. The molecule has 0 aliphatic heterocycles. The number of fused-ring (bicyclic) bond motifs is 9. The number of carbonyl (C=O) groups excluding carboxylic acids is 3. The molecule has 7 N–H and O–H groups in total. The third-order valence-electron chi connectivity index (χ3n) is 20.9. The van der Waals surface area contributed by atoms with Gasteiger partial charge in [-0.25, -0.2) is 19.3 Å². The molecule has 606 valence electrons. The number of aromatic nitrogens is 7. The molecule has 4 unspecified atom stereocenters. The Balaban J connectivity index is 0.000000153. The summed E-state index contributed by atoms with van der Waals surface area (Å²) in [4.78, 5) is 108. The van der Waals surface area contributed by atoms with Gasteiger partial charge in [-0.1, -0.05) is 202 Å². The number of amides is 3. The van der Waals surface area contributed by atoms with Crippen LogP contribution in [-0.2, 0) is 19.6 Å². The molecule has 0 saturated heterocycles. The maximum absolute atomic E-state index is 15.0. The summed E-state index contributed by atoms with van der Waals surface area (Å²) in [7, 11) is 0. The second kappa shape index (κ2) is 37.3. The first-order chi connectivity index (χ1) is 57.0. The molecule has 7 aromatic heterocycles. The number of pyridine rings is 1. The van der Waals surface area contributed by atoms with Crippen LogP contribution in [0, 0.1) is 38.4 Å². The van der Waals surface area contributed by atoms with E-state index in [1.54, 1.807) is 66.4 Å². The van der Waals surface area contributed by atoms with Crippen molar-refractivity contribution in [2.24, 2.45) is 29.0 Å². The highest BCUT2D eigenvalue weighted by atomic mass is 79.9. The SMILES string of the molecule is CCCC(c1nc2c(oc3ccccc32)c(=O)n1Cc1ccccc1)N(CC(O)CN)C(=O)c1ccc(C)cc1.Cc1ccc(C(=O)N(CCN)C(c2nc3c(oc4ccc(Br)cc43)c(=O)n2Cc2ccccc2)C(C)C)cn1.Cc1ccc(C(=O)N(CCN)C(c2nc3c(oc4cccc(F)c43)c(=O)n2Cc2ccccc2)C(C)C)cc1. The summed E-state index contributed by atoms with van der Waals surface area (Å²) in [5.74, 6) is -0.184. The molecular formula is C93H95BrFN13O10. The Morgan fingerprint density at radius 3 is 1.40 bits per heavy atom. The van der Waals surface area contributed by atoms with Crippen molar-refractivity contribution in [3.05, 3.63) is 328 Å².